The van der Waals surface area contributed by atoms with E-state index < -0.39 is 5.97 Å². The first-order valence-corrected chi connectivity index (χ1v) is 9.06. The lowest BCUT2D eigenvalue weighted by Gasteiger charge is -2.12. The normalized spacial score (nSPS) is 17.0. The molecule has 134 valence electrons. The summed E-state index contributed by atoms with van der Waals surface area (Å²) in [6.45, 7) is 6.18. The molecule has 0 unspecified atom stereocenters. The Morgan fingerprint density at radius 1 is 1.44 bits per heavy atom. The van der Waals surface area contributed by atoms with E-state index in [1.165, 1.54) is 0 Å². The van der Waals surface area contributed by atoms with Crippen molar-refractivity contribution in [2.24, 2.45) is 5.92 Å². The van der Waals surface area contributed by atoms with Gasteiger partial charge in [-0.15, -0.1) is 11.3 Å². The summed E-state index contributed by atoms with van der Waals surface area (Å²) in [5.41, 5.74) is 0.983. The van der Waals surface area contributed by atoms with Crippen LogP contribution in [0.5, 0.6) is 5.75 Å². The van der Waals surface area contributed by atoms with Gasteiger partial charge in [-0.2, -0.15) is 5.26 Å². The highest BCUT2D eigenvalue weighted by atomic mass is 32.1. The number of hydrogen-bond donors (Lipinski definition) is 1. The number of nitrogens with zero attached hydrogens (tertiary/aromatic N) is 1. The number of ether oxygens (including phenoxy) is 2. The summed E-state index contributed by atoms with van der Waals surface area (Å²) in [5.74, 6) is 0.460. The number of aromatic nitrogens is 1. The van der Waals surface area contributed by atoms with E-state index in [4.69, 9.17) is 14.7 Å². The van der Waals surface area contributed by atoms with Gasteiger partial charge >= 0.3 is 5.97 Å². The first-order chi connectivity index (χ1) is 12.1. The van der Waals surface area contributed by atoms with Crippen LogP contribution in [0, 0.1) is 5.92 Å². The van der Waals surface area contributed by atoms with Gasteiger partial charge in [0.25, 0.3) is 0 Å². The van der Waals surface area contributed by atoms with Crippen molar-refractivity contribution in [1.29, 1.82) is 0 Å². The third-order valence-corrected chi connectivity index (χ3v) is 5.42. The van der Waals surface area contributed by atoms with E-state index in [1.54, 1.807) is 23.5 Å². The zero-order valence-electron chi connectivity index (χ0n) is 14.2. The van der Waals surface area contributed by atoms with Crippen LogP contribution in [-0.4, -0.2) is 36.0 Å². The standard InChI is InChI=1S/C18H21NO5S/c1-11(2)16-8-19-17(25-16)13-5-14(18(20)24-21)7-15(6-13)23-10-12-3-4-22-9-12/h5-8,11-12,21H,3-4,9-10H2,1-2H3/t12-/m0/s1. The Bertz CT molecular complexity index is 737. The lowest BCUT2D eigenvalue weighted by molar-refractivity contribution is -0.182. The zero-order valence-corrected chi connectivity index (χ0v) is 15.0. The summed E-state index contributed by atoms with van der Waals surface area (Å²) >= 11 is 1.57. The molecule has 0 bridgehead atoms. The van der Waals surface area contributed by atoms with Crippen molar-refractivity contribution in [3.8, 4) is 16.3 Å². The van der Waals surface area contributed by atoms with Gasteiger partial charge in [-0.25, -0.2) is 9.78 Å². The molecule has 1 saturated heterocycles. The molecule has 25 heavy (non-hydrogen) atoms. The number of carbonyl (C=O) groups is 1. The molecular formula is C18H21NO5S. The Kier molecular flexibility index (Phi) is 5.67. The molecule has 0 saturated carbocycles. The third-order valence-electron chi connectivity index (χ3n) is 4.07. The fourth-order valence-electron chi connectivity index (χ4n) is 2.59. The van der Waals surface area contributed by atoms with Gasteiger partial charge in [-0.1, -0.05) is 13.8 Å². The highest BCUT2D eigenvalue weighted by molar-refractivity contribution is 7.15. The van der Waals surface area contributed by atoms with Crippen LogP contribution in [0.4, 0.5) is 0 Å². The molecule has 0 spiro atoms. The van der Waals surface area contributed by atoms with E-state index in [0.29, 0.717) is 30.8 Å². The molecule has 1 fully saturated rings. The lowest BCUT2D eigenvalue weighted by Crippen LogP contribution is -2.12. The predicted molar refractivity (Wildman–Crippen MR) is 94.1 cm³/mol. The van der Waals surface area contributed by atoms with Gasteiger partial charge in [0.05, 0.1) is 18.8 Å². The van der Waals surface area contributed by atoms with Crippen molar-refractivity contribution in [2.75, 3.05) is 19.8 Å². The first-order valence-electron chi connectivity index (χ1n) is 8.24. The summed E-state index contributed by atoms with van der Waals surface area (Å²) in [4.78, 5) is 21.2. The van der Waals surface area contributed by atoms with Crippen LogP contribution in [0.2, 0.25) is 0 Å². The van der Waals surface area contributed by atoms with E-state index in [0.717, 1.165) is 28.5 Å². The number of rotatable bonds is 6. The molecule has 0 aliphatic carbocycles. The molecule has 1 aromatic carbocycles. The summed E-state index contributed by atoms with van der Waals surface area (Å²) in [6, 6.07) is 5.06. The van der Waals surface area contributed by atoms with Crippen LogP contribution in [0.1, 0.15) is 41.4 Å². The maximum absolute atomic E-state index is 11.8. The number of thiazole rings is 1. The monoisotopic (exact) mass is 363 g/mol. The van der Waals surface area contributed by atoms with Crippen molar-refractivity contribution >= 4 is 17.3 Å². The highest BCUT2D eigenvalue weighted by Crippen LogP contribution is 2.32. The topological polar surface area (TPSA) is 77.9 Å². The molecule has 0 amide bonds. The van der Waals surface area contributed by atoms with Crippen LogP contribution in [0.3, 0.4) is 0 Å². The van der Waals surface area contributed by atoms with Crippen molar-refractivity contribution < 1.29 is 24.4 Å². The summed E-state index contributed by atoms with van der Waals surface area (Å²) in [7, 11) is 0. The molecule has 6 nitrogen and oxygen atoms in total. The van der Waals surface area contributed by atoms with Crippen molar-refractivity contribution in [3.05, 3.63) is 34.8 Å². The summed E-state index contributed by atoms with van der Waals surface area (Å²) in [6.07, 6.45) is 2.81. The first kappa shape index (κ1) is 17.8. The average Bonchev–Trinajstić information content (AvgIpc) is 3.30. The molecule has 0 radical (unpaired) electrons. The Hall–Kier alpha value is -1.96. The fourth-order valence-corrected chi connectivity index (χ4v) is 3.50. The quantitative estimate of drug-likeness (QED) is 0.618. The van der Waals surface area contributed by atoms with Crippen molar-refractivity contribution in [3.63, 3.8) is 0 Å². The molecule has 1 atom stereocenters. The van der Waals surface area contributed by atoms with Gasteiger partial charge in [-0.3, -0.25) is 4.89 Å². The van der Waals surface area contributed by atoms with Crippen LogP contribution >= 0.6 is 11.3 Å². The third kappa shape index (κ3) is 4.36. The smallest absolute Gasteiger partial charge is 0.372 e. The molecule has 2 aromatic rings. The van der Waals surface area contributed by atoms with E-state index in [2.05, 4.69) is 23.7 Å². The van der Waals surface area contributed by atoms with Crippen molar-refractivity contribution in [1.82, 2.24) is 4.98 Å². The van der Waals surface area contributed by atoms with Crippen LogP contribution < -0.4 is 4.74 Å². The van der Waals surface area contributed by atoms with Gasteiger partial charge in [-0.05, 0) is 30.5 Å². The van der Waals surface area contributed by atoms with Crippen LogP contribution in [-0.2, 0) is 9.62 Å². The fraction of sp³-hybridized carbons (Fsp3) is 0.444. The molecule has 2 heterocycles. The van der Waals surface area contributed by atoms with Gasteiger partial charge < -0.3 is 9.47 Å². The Labute approximate surface area is 150 Å². The second-order valence-corrected chi connectivity index (χ2v) is 7.45. The van der Waals surface area contributed by atoms with Gasteiger partial charge in [0, 0.05) is 29.2 Å². The minimum absolute atomic E-state index is 0.221. The molecule has 3 rings (SSSR count). The molecule has 1 aliphatic heterocycles. The zero-order chi connectivity index (χ0) is 17.8. The average molecular weight is 363 g/mol. The second-order valence-electron chi connectivity index (χ2n) is 6.39. The van der Waals surface area contributed by atoms with Gasteiger partial charge in [0.2, 0.25) is 0 Å². The molecule has 1 aliphatic rings. The Morgan fingerprint density at radius 3 is 2.92 bits per heavy atom. The number of hydrogen-bond acceptors (Lipinski definition) is 7. The Morgan fingerprint density at radius 2 is 2.28 bits per heavy atom. The predicted octanol–water partition coefficient (Wildman–Crippen LogP) is 3.98. The molecule has 7 heteroatoms. The van der Waals surface area contributed by atoms with Crippen molar-refractivity contribution in [2.45, 2.75) is 26.2 Å². The van der Waals surface area contributed by atoms with Crippen LogP contribution in [0.25, 0.3) is 10.6 Å². The second kappa shape index (κ2) is 7.95. The van der Waals surface area contributed by atoms with E-state index in [9.17, 15) is 4.79 Å². The van der Waals surface area contributed by atoms with E-state index in [1.807, 2.05) is 12.3 Å². The minimum atomic E-state index is -0.823. The lowest BCUT2D eigenvalue weighted by atomic mass is 10.1. The highest BCUT2D eigenvalue weighted by Gasteiger charge is 2.18. The van der Waals surface area contributed by atoms with E-state index in [-0.39, 0.29) is 5.56 Å². The van der Waals surface area contributed by atoms with Gasteiger partial charge in [0.1, 0.15) is 10.8 Å². The summed E-state index contributed by atoms with van der Waals surface area (Å²) in [5, 5.41) is 9.50. The molecular weight excluding hydrogens is 342 g/mol. The Balaban J connectivity index is 1.87. The van der Waals surface area contributed by atoms with E-state index >= 15 is 0 Å². The number of benzene rings is 1. The molecule has 1 aromatic heterocycles. The number of carbonyl (C=O) groups excluding carboxylic acids is 1. The van der Waals surface area contributed by atoms with Crippen LogP contribution in [0.15, 0.2) is 24.4 Å². The molecule has 1 N–H and O–H groups in total. The SMILES string of the molecule is CC(C)c1cnc(-c2cc(OC[C@H]3CCOC3)cc(C(=O)OO)c2)s1. The maximum atomic E-state index is 11.8. The largest absolute Gasteiger partial charge is 0.493 e. The minimum Gasteiger partial charge on any atom is -0.493 e. The summed E-state index contributed by atoms with van der Waals surface area (Å²) < 4.78 is 11.2. The maximum Gasteiger partial charge on any atom is 0.372 e. The van der Waals surface area contributed by atoms with Gasteiger partial charge in [0.15, 0.2) is 0 Å².